The van der Waals surface area contributed by atoms with Crippen molar-refractivity contribution in [2.24, 2.45) is 0 Å². The number of rotatable bonds is 11. The van der Waals surface area contributed by atoms with E-state index < -0.39 is 0 Å². The van der Waals surface area contributed by atoms with Crippen LogP contribution < -0.4 is 19.3 Å². The predicted octanol–water partition coefficient (Wildman–Crippen LogP) is 9.64. The van der Waals surface area contributed by atoms with Gasteiger partial charge in [-0.1, -0.05) is 55.5 Å². The number of amides is 2. The molecule has 0 aliphatic heterocycles. The Balaban J connectivity index is 1.18. The summed E-state index contributed by atoms with van der Waals surface area (Å²) in [6.07, 6.45) is 13.2. The average Bonchev–Trinajstić information content (AvgIpc) is 3.82. The van der Waals surface area contributed by atoms with Gasteiger partial charge >= 0.3 is 0 Å². The van der Waals surface area contributed by atoms with Crippen LogP contribution in [0, 0.1) is 6.92 Å². The normalized spacial score (nSPS) is 18.6. The maximum atomic E-state index is 13.8. The third kappa shape index (κ3) is 8.35. The van der Waals surface area contributed by atoms with Crippen LogP contribution in [0.4, 0.5) is 11.4 Å². The maximum Gasteiger partial charge on any atom is 0.265 e. The van der Waals surface area contributed by atoms with Gasteiger partial charge < -0.3 is 19.3 Å². The lowest BCUT2D eigenvalue weighted by Crippen LogP contribution is -2.45. The number of hydrogen-bond acceptors (Lipinski definition) is 6. The summed E-state index contributed by atoms with van der Waals surface area (Å²) in [4.78, 5) is 32.9. The third-order valence-electron chi connectivity index (χ3n) is 9.45. The van der Waals surface area contributed by atoms with Crippen molar-refractivity contribution in [2.75, 3.05) is 23.5 Å². The molecule has 0 bridgehead atoms. The average molecular weight is 669 g/mol. The van der Waals surface area contributed by atoms with E-state index in [2.05, 4.69) is 16.8 Å². The maximum absolute atomic E-state index is 13.8. The Morgan fingerprint density at radius 1 is 0.830 bits per heavy atom. The van der Waals surface area contributed by atoms with E-state index in [0.717, 1.165) is 79.6 Å². The van der Waals surface area contributed by atoms with Gasteiger partial charge in [0.25, 0.3) is 11.8 Å². The van der Waals surface area contributed by atoms with Crippen molar-refractivity contribution in [3.05, 3.63) is 98.9 Å². The topological polar surface area (TPSA) is 59.1 Å². The molecule has 2 aromatic heterocycles. The molecule has 2 atom stereocenters. The highest BCUT2D eigenvalue weighted by Gasteiger charge is 2.33. The van der Waals surface area contributed by atoms with Crippen molar-refractivity contribution in [1.82, 2.24) is 0 Å². The Bertz CT molecular complexity index is 1620. The van der Waals surface area contributed by atoms with Crippen LogP contribution in [0.2, 0.25) is 0 Å². The highest BCUT2D eigenvalue weighted by Crippen LogP contribution is 2.42. The van der Waals surface area contributed by atoms with Crippen molar-refractivity contribution < 1.29 is 19.1 Å². The van der Waals surface area contributed by atoms with Gasteiger partial charge in [-0.25, -0.2) is 0 Å². The molecule has 0 N–H and O–H groups in total. The van der Waals surface area contributed by atoms with Crippen LogP contribution in [0.3, 0.4) is 0 Å². The summed E-state index contributed by atoms with van der Waals surface area (Å²) in [5.41, 5.74) is 4.07. The van der Waals surface area contributed by atoms with Crippen LogP contribution >= 0.6 is 22.7 Å². The first-order valence-electron chi connectivity index (χ1n) is 16.8. The first-order chi connectivity index (χ1) is 23.0. The van der Waals surface area contributed by atoms with Crippen molar-refractivity contribution in [3.8, 4) is 11.5 Å². The van der Waals surface area contributed by atoms with Gasteiger partial charge in [0.1, 0.15) is 11.5 Å². The van der Waals surface area contributed by atoms with Gasteiger partial charge in [0, 0.05) is 33.8 Å². The molecule has 8 heteroatoms. The first kappa shape index (κ1) is 33.0. The zero-order valence-electron chi connectivity index (χ0n) is 27.3. The monoisotopic (exact) mass is 668 g/mol. The van der Waals surface area contributed by atoms with Crippen molar-refractivity contribution in [3.63, 3.8) is 0 Å². The number of carbonyl (C=O) groups excluding carboxylic acids is 2. The van der Waals surface area contributed by atoms with Crippen molar-refractivity contribution in [1.29, 1.82) is 0 Å². The number of ether oxygens (including phenoxy) is 2. The molecule has 0 saturated heterocycles. The van der Waals surface area contributed by atoms with Crippen molar-refractivity contribution in [2.45, 2.75) is 82.7 Å². The lowest BCUT2D eigenvalue weighted by Gasteiger charge is -2.37. The van der Waals surface area contributed by atoms with Gasteiger partial charge in [0.05, 0.1) is 18.5 Å². The summed E-state index contributed by atoms with van der Waals surface area (Å²) < 4.78 is 11.2. The number of benzene rings is 2. The summed E-state index contributed by atoms with van der Waals surface area (Å²) in [7, 11) is 1.65. The van der Waals surface area contributed by atoms with E-state index in [1.54, 1.807) is 35.9 Å². The van der Waals surface area contributed by atoms with Gasteiger partial charge in [0.2, 0.25) is 0 Å². The molecule has 246 valence electrons. The molecule has 6 rings (SSSR count). The zero-order chi connectivity index (χ0) is 32.6. The molecule has 6 nitrogen and oxygen atoms in total. The number of thiophene rings is 2. The van der Waals surface area contributed by atoms with E-state index in [0.29, 0.717) is 11.7 Å². The Morgan fingerprint density at radius 2 is 1.57 bits per heavy atom. The summed E-state index contributed by atoms with van der Waals surface area (Å²) >= 11 is 3.36. The zero-order valence-corrected chi connectivity index (χ0v) is 28.9. The quantitative estimate of drug-likeness (QED) is 0.149. The molecule has 2 aliphatic rings. The van der Waals surface area contributed by atoms with Gasteiger partial charge in [-0.3, -0.25) is 9.59 Å². The van der Waals surface area contributed by atoms with E-state index >= 15 is 0 Å². The predicted molar refractivity (Wildman–Crippen MR) is 194 cm³/mol. The molecule has 2 amide bonds. The van der Waals surface area contributed by atoms with Crippen LogP contribution in [0.1, 0.15) is 79.7 Å². The fourth-order valence-electron chi connectivity index (χ4n) is 6.96. The fourth-order valence-corrected chi connectivity index (χ4v) is 8.62. The molecular weight excluding hydrogens is 625 g/mol. The molecule has 47 heavy (non-hydrogen) atoms. The van der Waals surface area contributed by atoms with Gasteiger partial charge in [-0.2, -0.15) is 11.3 Å². The number of aryl methyl sites for hydroxylation is 1. The van der Waals surface area contributed by atoms with Crippen LogP contribution in [-0.4, -0.2) is 37.6 Å². The molecule has 2 aromatic carbocycles. The molecule has 4 aromatic rings. The third-order valence-corrected chi connectivity index (χ3v) is 11.2. The largest absolute Gasteiger partial charge is 0.497 e. The highest BCUT2D eigenvalue weighted by molar-refractivity contribution is 7.10. The van der Waals surface area contributed by atoms with E-state index in [-0.39, 0.29) is 30.5 Å². The summed E-state index contributed by atoms with van der Waals surface area (Å²) in [6.45, 7) is 2.04. The Kier molecular flexibility index (Phi) is 11.1. The van der Waals surface area contributed by atoms with E-state index in [1.807, 2.05) is 82.8 Å². The van der Waals surface area contributed by atoms with Crippen LogP contribution in [-0.2, 0) is 9.59 Å². The highest BCUT2D eigenvalue weighted by atomic mass is 32.1. The molecule has 2 saturated carbocycles. The lowest BCUT2D eigenvalue weighted by molar-refractivity contribution is -0.121. The second-order valence-corrected chi connectivity index (χ2v) is 14.4. The molecule has 2 aliphatic carbocycles. The molecule has 0 radical (unpaired) electrons. The number of carbonyl (C=O) groups is 2. The SMILES string of the molecule is COc1ccc(/C=C/C(=O)N(c2csc(C3CCCC(N(C(=O)COc4ccc(C)cc4)c4ccsc4)C3)c2)C2CCCCC2)cc1. The Hall–Kier alpha value is -3.88. The van der Waals surface area contributed by atoms with Crippen LogP contribution in [0.15, 0.2) is 82.9 Å². The van der Waals surface area contributed by atoms with Crippen LogP contribution in [0.25, 0.3) is 6.08 Å². The minimum Gasteiger partial charge on any atom is -0.497 e. The fraction of sp³-hybridized carbons (Fsp3) is 0.385. The van der Waals surface area contributed by atoms with E-state index in [1.165, 1.54) is 11.3 Å². The molecule has 2 fully saturated rings. The second kappa shape index (κ2) is 15.8. The number of methoxy groups -OCH3 is 1. The summed E-state index contributed by atoms with van der Waals surface area (Å²) in [5.74, 6) is 1.85. The molecular formula is C39H44N2O4S2. The first-order valence-corrected chi connectivity index (χ1v) is 18.6. The second-order valence-electron chi connectivity index (χ2n) is 12.7. The van der Waals surface area contributed by atoms with E-state index in [9.17, 15) is 9.59 Å². The van der Waals surface area contributed by atoms with Crippen molar-refractivity contribution >= 4 is 51.9 Å². The number of anilines is 2. The Labute approximate surface area is 286 Å². The minimum atomic E-state index is -0.0146. The standard InChI is InChI=1S/C39H44N2O4S2/c1-28-11-16-36(17-12-28)45-25-39(43)41(33-21-22-46-26-33)32-10-6-7-30(23-32)37-24-34(27-47-37)40(31-8-4-3-5-9-31)38(42)20-15-29-13-18-35(44-2)19-14-29/h11-22,24,26-27,30-32H,3-10,23,25H2,1-2H3/b20-15+. The van der Waals surface area contributed by atoms with Crippen LogP contribution in [0.5, 0.6) is 11.5 Å². The minimum absolute atomic E-state index is 0.00568. The Morgan fingerprint density at radius 3 is 2.30 bits per heavy atom. The van der Waals surface area contributed by atoms with Gasteiger partial charge in [-0.05, 0) is 98.4 Å². The number of hydrogen-bond donors (Lipinski definition) is 0. The van der Waals surface area contributed by atoms with Gasteiger partial charge in [-0.15, -0.1) is 11.3 Å². The van der Waals surface area contributed by atoms with Gasteiger partial charge in [0.15, 0.2) is 6.61 Å². The smallest absolute Gasteiger partial charge is 0.265 e. The molecule has 2 heterocycles. The lowest BCUT2D eigenvalue weighted by atomic mass is 9.83. The summed E-state index contributed by atoms with van der Waals surface area (Å²) in [6, 6.07) is 20.2. The van der Waals surface area contributed by atoms with E-state index in [4.69, 9.17) is 9.47 Å². The number of nitrogens with zero attached hydrogens (tertiary/aromatic N) is 2. The molecule has 2 unspecified atom stereocenters. The summed E-state index contributed by atoms with van der Waals surface area (Å²) in [5, 5.41) is 6.26. The molecule has 0 spiro atoms.